The Morgan fingerprint density at radius 3 is 1.20 bits per heavy atom. The summed E-state index contributed by atoms with van der Waals surface area (Å²) in [6, 6.07) is 37.2. The maximum Gasteiger partial charge on any atom is 0.330 e. The van der Waals surface area contributed by atoms with Crippen molar-refractivity contribution in [3.8, 4) is 34.1 Å². The molecule has 6 aromatic rings. The predicted molar refractivity (Wildman–Crippen MR) is 252 cm³/mol. The minimum absolute atomic E-state index is 0.00600. The number of carbonyl (C=O) groups is 4. The number of benzene rings is 6. The van der Waals surface area contributed by atoms with Gasteiger partial charge in [0.2, 0.25) is 0 Å². The number of hydrogen-bond acceptors (Lipinski definition) is 12. The third-order valence-electron chi connectivity index (χ3n) is 10.5. The highest BCUT2D eigenvalue weighted by molar-refractivity contribution is 5.96. The van der Waals surface area contributed by atoms with Crippen molar-refractivity contribution in [2.24, 2.45) is 0 Å². The highest BCUT2D eigenvalue weighted by Gasteiger charge is 2.40. The number of ether oxygens (including phenoxy) is 8. The molecular weight excluding hydrogens is 841 g/mol. The van der Waals surface area contributed by atoms with E-state index in [4.69, 9.17) is 37.9 Å². The van der Waals surface area contributed by atoms with E-state index in [1.54, 1.807) is 0 Å². The molecule has 0 aliphatic carbocycles. The summed E-state index contributed by atoms with van der Waals surface area (Å²) < 4.78 is 46.5. The Bertz CT molecular complexity index is 2570. The highest BCUT2D eigenvalue weighted by Crippen LogP contribution is 2.52. The summed E-state index contributed by atoms with van der Waals surface area (Å²) in [4.78, 5) is 47.7. The van der Waals surface area contributed by atoms with Gasteiger partial charge in [-0.1, -0.05) is 105 Å². The van der Waals surface area contributed by atoms with Crippen molar-refractivity contribution >= 4 is 45.4 Å². The van der Waals surface area contributed by atoms with Gasteiger partial charge in [-0.25, -0.2) is 19.2 Å². The number of esters is 4. The largest absolute Gasteiger partial charge is 0.490 e. The molecule has 338 valence electrons. The molecule has 66 heavy (non-hydrogen) atoms. The maximum atomic E-state index is 12.1. The lowest BCUT2D eigenvalue weighted by atomic mass is 9.67. The normalized spacial score (nSPS) is 10.9. The van der Waals surface area contributed by atoms with Crippen molar-refractivity contribution < 1.29 is 57.1 Å². The average Bonchev–Trinajstić information content (AvgIpc) is 3.35. The third kappa shape index (κ3) is 11.7. The standard InChI is InChI=1S/C54H50O12/c1-6-48(55)63-31-27-59-42-23-17-39-19-25-46(61-29-33-65-50(57)8-3)52(44(39)35-42)54(5,41-21-15-38(16-22-41)37-13-11-10-12-14-37)53-45-36-43(60-28-32-64-49(56)7-2)24-18-40(45)20-26-47(53)62-30-34-66-51(58)9-4/h6-26,35-36H,1-4,27-34H2,5H3. The zero-order valence-electron chi connectivity index (χ0n) is 36.7. The summed E-state index contributed by atoms with van der Waals surface area (Å²) in [6.45, 7) is 16.0. The van der Waals surface area contributed by atoms with Gasteiger partial charge < -0.3 is 37.9 Å². The van der Waals surface area contributed by atoms with Gasteiger partial charge >= 0.3 is 23.9 Å². The molecule has 0 atom stereocenters. The Kier molecular flexibility index (Phi) is 16.5. The van der Waals surface area contributed by atoms with Crippen molar-refractivity contribution in [1.82, 2.24) is 0 Å². The monoisotopic (exact) mass is 890 g/mol. The summed E-state index contributed by atoms with van der Waals surface area (Å²) in [5.41, 5.74) is 3.06. The van der Waals surface area contributed by atoms with Gasteiger partial charge in [-0.05, 0) is 81.6 Å². The fourth-order valence-electron chi connectivity index (χ4n) is 7.48. The second-order valence-corrected chi connectivity index (χ2v) is 14.6. The molecule has 0 radical (unpaired) electrons. The molecule has 0 amide bonds. The molecule has 0 spiro atoms. The van der Waals surface area contributed by atoms with E-state index in [2.05, 4.69) is 57.5 Å². The minimum Gasteiger partial charge on any atom is -0.490 e. The van der Waals surface area contributed by atoms with Gasteiger partial charge in [0, 0.05) is 35.4 Å². The van der Waals surface area contributed by atoms with Crippen LogP contribution < -0.4 is 18.9 Å². The van der Waals surface area contributed by atoms with Gasteiger partial charge in [-0.3, -0.25) is 0 Å². The Morgan fingerprint density at radius 1 is 0.439 bits per heavy atom. The predicted octanol–water partition coefficient (Wildman–Crippen LogP) is 9.45. The van der Waals surface area contributed by atoms with E-state index in [1.807, 2.05) is 91.0 Å². The van der Waals surface area contributed by atoms with E-state index in [0.29, 0.717) is 34.1 Å². The van der Waals surface area contributed by atoms with Crippen LogP contribution in [-0.4, -0.2) is 76.7 Å². The molecular formula is C54H50O12. The Balaban J connectivity index is 1.62. The first-order valence-corrected chi connectivity index (χ1v) is 21.1. The van der Waals surface area contributed by atoms with Gasteiger partial charge in [-0.2, -0.15) is 0 Å². The van der Waals surface area contributed by atoms with Crippen molar-refractivity contribution in [2.75, 3.05) is 52.9 Å². The fourth-order valence-corrected chi connectivity index (χ4v) is 7.48. The molecule has 0 heterocycles. The third-order valence-corrected chi connectivity index (χ3v) is 10.5. The van der Waals surface area contributed by atoms with Crippen molar-refractivity contribution in [2.45, 2.75) is 12.3 Å². The van der Waals surface area contributed by atoms with Crippen LogP contribution >= 0.6 is 0 Å². The molecule has 0 N–H and O–H groups in total. The lowest BCUT2D eigenvalue weighted by Gasteiger charge is -2.37. The van der Waals surface area contributed by atoms with E-state index >= 15 is 0 Å². The topological polar surface area (TPSA) is 142 Å². The van der Waals surface area contributed by atoms with Gasteiger partial charge in [0.25, 0.3) is 0 Å². The molecule has 0 aliphatic heterocycles. The summed E-state index contributed by atoms with van der Waals surface area (Å²) in [6.07, 6.45) is 4.35. The Hall–Kier alpha value is -8.12. The van der Waals surface area contributed by atoms with Crippen LogP contribution in [0.5, 0.6) is 23.0 Å². The molecule has 12 nitrogen and oxygen atoms in total. The van der Waals surface area contributed by atoms with Crippen LogP contribution in [0.4, 0.5) is 0 Å². The van der Waals surface area contributed by atoms with E-state index in [0.717, 1.165) is 62.5 Å². The number of hydrogen-bond donors (Lipinski definition) is 0. The first-order chi connectivity index (χ1) is 32.1. The first kappa shape index (κ1) is 47.4. The second-order valence-electron chi connectivity index (χ2n) is 14.6. The lowest BCUT2D eigenvalue weighted by molar-refractivity contribution is -0.139. The summed E-state index contributed by atoms with van der Waals surface area (Å²) in [5, 5.41) is 3.16. The van der Waals surface area contributed by atoms with E-state index in [-0.39, 0.29) is 52.9 Å². The molecule has 0 aromatic heterocycles. The van der Waals surface area contributed by atoms with Crippen molar-refractivity contribution in [3.63, 3.8) is 0 Å². The van der Waals surface area contributed by atoms with E-state index in [1.165, 1.54) is 0 Å². The van der Waals surface area contributed by atoms with Crippen LogP contribution in [0.15, 0.2) is 166 Å². The Labute approximate surface area is 383 Å². The first-order valence-electron chi connectivity index (χ1n) is 21.1. The van der Waals surface area contributed by atoms with Crippen LogP contribution in [0.2, 0.25) is 0 Å². The smallest absolute Gasteiger partial charge is 0.330 e. The zero-order valence-corrected chi connectivity index (χ0v) is 36.7. The molecule has 0 fully saturated rings. The molecule has 0 bridgehead atoms. The lowest BCUT2D eigenvalue weighted by Crippen LogP contribution is -2.28. The zero-order chi connectivity index (χ0) is 46.9. The van der Waals surface area contributed by atoms with Crippen molar-refractivity contribution in [3.05, 3.63) is 183 Å². The molecule has 0 saturated heterocycles. The molecule has 6 rings (SSSR count). The quantitative estimate of drug-likeness (QED) is 0.0188. The summed E-state index contributed by atoms with van der Waals surface area (Å²) in [5.74, 6) is -0.404. The fraction of sp³-hybridized carbons (Fsp3) is 0.185. The van der Waals surface area contributed by atoms with E-state index in [9.17, 15) is 19.2 Å². The summed E-state index contributed by atoms with van der Waals surface area (Å²) in [7, 11) is 0. The van der Waals surface area contributed by atoms with Crippen LogP contribution in [0.25, 0.3) is 32.7 Å². The molecule has 12 heteroatoms. The van der Waals surface area contributed by atoms with Crippen LogP contribution in [0.3, 0.4) is 0 Å². The average molecular weight is 891 g/mol. The highest BCUT2D eigenvalue weighted by atomic mass is 16.6. The second kappa shape index (κ2) is 23.0. The van der Waals surface area contributed by atoms with Crippen LogP contribution in [0.1, 0.15) is 23.6 Å². The molecule has 6 aromatic carbocycles. The summed E-state index contributed by atoms with van der Waals surface area (Å²) >= 11 is 0. The Morgan fingerprint density at radius 2 is 0.803 bits per heavy atom. The van der Waals surface area contributed by atoms with Gasteiger partial charge in [0.1, 0.15) is 75.9 Å². The number of rotatable bonds is 24. The van der Waals surface area contributed by atoms with Gasteiger partial charge in [0.05, 0.1) is 5.41 Å². The number of carbonyl (C=O) groups excluding carboxylic acids is 4. The van der Waals surface area contributed by atoms with E-state index < -0.39 is 29.3 Å². The van der Waals surface area contributed by atoms with Gasteiger partial charge in [-0.15, -0.1) is 0 Å². The number of fused-ring (bicyclic) bond motifs is 2. The minimum atomic E-state index is -1.18. The van der Waals surface area contributed by atoms with Gasteiger partial charge in [0.15, 0.2) is 0 Å². The SMILES string of the molecule is C=CC(=O)OCCOc1ccc2ccc(OCCOC(=O)C=C)c(C(C)(c3ccc(-c4ccccc4)cc3)c3c(OCCOC(=O)C=C)ccc4ccc(OCCOC(=O)C=C)cc34)c2c1. The van der Waals surface area contributed by atoms with Crippen LogP contribution in [0, 0.1) is 0 Å². The van der Waals surface area contributed by atoms with Crippen LogP contribution in [-0.2, 0) is 43.5 Å². The maximum absolute atomic E-state index is 12.1. The molecule has 0 aliphatic rings. The molecule has 0 unspecified atom stereocenters. The molecule has 0 saturated carbocycles. The van der Waals surface area contributed by atoms with Crippen molar-refractivity contribution in [1.29, 1.82) is 0 Å².